The second-order valence-corrected chi connectivity index (χ2v) is 4.34. The van der Waals surface area contributed by atoms with E-state index >= 15 is 0 Å². The van der Waals surface area contributed by atoms with Crippen molar-refractivity contribution >= 4 is 23.3 Å². The van der Waals surface area contributed by atoms with E-state index in [1.165, 1.54) is 11.0 Å². The smallest absolute Gasteiger partial charge is 0.342 e. The second-order valence-electron chi connectivity index (χ2n) is 4.34. The molecule has 0 saturated carbocycles. The van der Waals surface area contributed by atoms with E-state index in [2.05, 4.69) is 5.92 Å². The number of nitro groups is 1. The second kappa shape index (κ2) is 5.01. The van der Waals surface area contributed by atoms with E-state index < -0.39 is 22.1 Å². The highest BCUT2D eigenvalue weighted by Crippen LogP contribution is 2.30. The molecule has 7 heteroatoms. The van der Waals surface area contributed by atoms with E-state index in [9.17, 15) is 19.7 Å². The maximum Gasteiger partial charge on any atom is 0.342 e. The quantitative estimate of drug-likeness (QED) is 0.508. The van der Waals surface area contributed by atoms with Gasteiger partial charge in [0.05, 0.1) is 10.6 Å². The van der Waals surface area contributed by atoms with Crippen LogP contribution in [0.4, 0.5) is 11.4 Å². The number of carboxylic acids is 1. The summed E-state index contributed by atoms with van der Waals surface area (Å²) in [6, 6.07) is 3.57. The third-order valence-electron chi connectivity index (χ3n) is 3.08. The molecule has 1 atom stereocenters. The lowest BCUT2D eigenvalue weighted by molar-refractivity contribution is -0.385. The summed E-state index contributed by atoms with van der Waals surface area (Å²) >= 11 is 0. The average molecular weight is 274 g/mol. The van der Waals surface area contributed by atoms with Crippen molar-refractivity contribution in [3.05, 3.63) is 33.9 Å². The Morgan fingerprint density at radius 3 is 2.75 bits per heavy atom. The fraction of sp³-hybridized carbons (Fsp3) is 0.231. The molecule has 1 aromatic carbocycles. The molecule has 0 aliphatic carbocycles. The lowest BCUT2D eigenvalue weighted by atomic mass is 10.1. The lowest BCUT2D eigenvalue weighted by Gasteiger charge is -2.16. The number of aromatic carboxylic acids is 1. The van der Waals surface area contributed by atoms with Gasteiger partial charge in [0.25, 0.3) is 5.69 Å². The molecule has 20 heavy (non-hydrogen) atoms. The Balaban J connectivity index is 2.42. The van der Waals surface area contributed by atoms with Gasteiger partial charge in [0, 0.05) is 24.9 Å². The molecule has 1 aliphatic rings. The summed E-state index contributed by atoms with van der Waals surface area (Å²) in [5.74, 6) is 0.613. The number of amides is 1. The molecule has 102 valence electrons. The molecule has 1 aliphatic heterocycles. The molecule has 1 unspecified atom stereocenters. The summed E-state index contributed by atoms with van der Waals surface area (Å²) in [6.45, 7) is 0.277. The third-order valence-corrected chi connectivity index (χ3v) is 3.08. The largest absolute Gasteiger partial charge is 0.477 e. The van der Waals surface area contributed by atoms with Gasteiger partial charge in [0.1, 0.15) is 5.56 Å². The van der Waals surface area contributed by atoms with Crippen LogP contribution >= 0.6 is 0 Å². The summed E-state index contributed by atoms with van der Waals surface area (Å²) in [4.78, 5) is 34.2. The molecule has 1 amide bonds. The fourth-order valence-corrected chi connectivity index (χ4v) is 2.09. The zero-order valence-electron chi connectivity index (χ0n) is 10.3. The Bertz CT molecular complexity index is 647. The molecule has 0 spiro atoms. The molecule has 1 fully saturated rings. The number of benzene rings is 1. The Morgan fingerprint density at radius 2 is 2.25 bits per heavy atom. The van der Waals surface area contributed by atoms with Gasteiger partial charge in [-0.2, -0.15) is 0 Å². The number of nitro benzene ring substituents is 1. The summed E-state index contributed by atoms with van der Waals surface area (Å²) in [5.41, 5.74) is -0.685. The number of carbonyl (C=O) groups excluding carboxylic acids is 1. The van der Waals surface area contributed by atoms with Crippen LogP contribution in [0.25, 0.3) is 0 Å². The monoisotopic (exact) mass is 274 g/mol. The highest BCUT2D eigenvalue weighted by molar-refractivity contribution is 5.98. The Labute approximate surface area is 114 Å². The van der Waals surface area contributed by atoms with Crippen LogP contribution in [0.15, 0.2) is 18.2 Å². The topological polar surface area (TPSA) is 101 Å². The molecular weight excluding hydrogens is 264 g/mol. The van der Waals surface area contributed by atoms with Crippen LogP contribution < -0.4 is 4.90 Å². The number of carboxylic acid groups (broad SMARTS) is 1. The minimum atomic E-state index is -1.39. The van der Waals surface area contributed by atoms with E-state index in [0.717, 1.165) is 12.1 Å². The number of carbonyl (C=O) groups is 2. The minimum absolute atomic E-state index is 0.185. The summed E-state index contributed by atoms with van der Waals surface area (Å²) in [5, 5.41) is 19.8. The summed E-state index contributed by atoms with van der Waals surface area (Å²) < 4.78 is 0. The highest BCUT2D eigenvalue weighted by Gasteiger charge is 2.31. The molecule has 0 radical (unpaired) electrons. The van der Waals surface area contributed by atoms with Gasteiger partial charge in [-0.05, 0) is 12.1 Å². The van der Waals surface area contributed by atoms with Crippen LogP contribution in [0.5, 0.6) is 0 Å². The Hall–Kier alpha value is -2.88. The fourth-order valence-electron chi connectivity index (χ4n) is 2.09. The number of nitrogens with zero attached hydrogens (tertiary/aromatic N) is 2. The summed E-state index contributed by atoms with van der Waals surface area (Å²) in [6.07, 6.45) is 5.45. The molecule has 0 bridgehead atoms. The number of hydrogen-bond donors (Lipinski definition) is 1. The first-order chi connectivity index (χ1) is 9.43. The molecule has 0 aromatic heterocycles. The standard InChI is InChI=1S/C13H10N2O5/c1-2-8-5-12(16)14(7-8)9-3-4-10(13(17)18)11(6-9)15(19)20/h1,3-4,6,8H,5,7H2,(H,17,18). The van der Waals surface area contributed by atoms with Gasteiger partial charge in [-0.1, -0.05) is 0 Å². The molecule has 2 rings (SSSR count). The minimum Gasteiger partial charge on any atom is -0.477 e. The Morgan fingerprint density at radius 1 is 1.55 bits per heavy atom. The van der Waals surface area contributed by atoms with Crippen LogP contribution in [-0.2, 0) is 4.79 Å². The SMILES string of the molecule is C#CC1CC(=O)N(c2ccc(C(=O)O)c([N+](=O)[O-])c2)C1. The highest BCUT2D eigenvalue weighted by atomic mass is 16.6. The first-order valence-electron chi connectivity index (χ1n) is 5.72. The van der Waals surface area contributed by atoms with Gasteiger partial charge in [0.15, 0.2) is 0 Å². The number of rotatable bonds is 3. The maximum absolute atomic E-state index is 11.8. The van der Waals surface area contributed by atoms with E-state index in [-0.39, 0.29) is 30.5 Å². The zero-order chi connectivity index (χ0) is 14.9. The van der Waals surface area contributed by atoms with E-state index in [0.29, 0.717) is 0 Å². The number of anilines is 1. The van der Waals surface area contributed by atoms with Crippen LogP contribution in [0.3, 0.4) is 0 Å². The normalized spacial score (nSPS) is 17.9. The van der Waals surface area contributed by atoms with Crippen molar-refractivity contribution in [3.8, 4) is 12.3 Å². The lowest BCUT2D eigenvalue weighted by Crippen LogP contribution is -2.24. The van der Waals surface area contributed by atoms with E-state index in [1.54, 1.807) is 0 Å². The van der Waals surface area contributed by atoms with Gasteiger partial charge >= 0.3 is 5.97 Å². The maximum atomic E-state index is 11.8. The van der Waals surface area contributed by atoms with Crippen LogP contribution in [0.2, 0.25) is 0 Å². The average Bonchev–Trinajstić information content (AvgIpc) is 2.79. The van der Waals surface area contributed by atoms with Crippen LogP contribution in [-0.4, -0.2) is 28.5 Å². The molecule has 1 aromatic rings. The van der Waals surface area contributed by atoms with Gasteiger partial charge < -0.3 is 10.0 Å². The van der Waals surface area contributed by atoms with E-state index in [4.69, 9.17) is 11.5 Å². The first-order valence-corrected chi connectivity index (χ1v) is 5.72. The summed E-state index contributed by atoms with van der Waals surface area (Å²) in [7, 11) is 0. The van der Waals surface area contributed by atoms with Crippen LogP contribution in [0.1, 0.15) is 16.8 Å². The van der Waals surface area contributed by atoms with Crippen molar-refractivity contribution in [1.29, 1.82) is 0 Å². The predicted octanol–water partition coefficient (Wildman–Crippen LogP) is 1.28. The molecular formula is C13H10N2O5. The predicted molar refractivity (Wildman–Crippen MR) is 69.3 cm³/mol. The van der Waals surface area contributed by atoms with E-state index in [1.807, 2.05) is 0 Å². The van der Waals surface area contributed by atoms with Crippen molar-refractivity contribution in [2.75, 3.05) is 11.4 Å². The number of hydrogen-bond acceptors (Lipinski definition) is 4. The van der Waals surface area contributed by atoms with Crippen molar-refractivity contribution in [3.63, 3.8) is 0 Å². The van der Waals surface area contributed by atoms with Crippen molar-refractivity contribution < 1.29 is 19.6 Å². The third kappa shape index (κ3) is 2.31. The molecule has 7 nitrogen and oxygen atoms in total. The van der Waals surface area contributed by atoms with Crippen molar-refractivity contribution in [2.45, 2.75) is 6.42 Å². The number of terminal acetylenes is 1. The van der Waals surface area contributed by atoms with Gasteiger partial charge in [-0.25, -0.2) is 4.79 Å². The van der Waals surface area contributed by atoms with Crippen LogP contribution in [0, 0.1) is 28.4 Å². The van der Waals surface area contributed by atoms with Gasteiger partial charge in [-0.15, -0.1) is 12.3 Å². The molecule has 1 heterocycles. The Kier molecular flexibility index (Phi) is 3.39. The molecule has 1 saturated heterocycles. The van der Waals surface area contributed by atoms with Crippen molar-refractivity contribution in [2.24, 2.45) is 5.92 Å². The van der Waals surface area contributed by atoms with Crippen molar-refractivity contribution in [1.82, 2.24) is 0 Å². The van der Waals surface area contributed by atoms with Gasteiger partial charge in [0.2, 0.25) is 5.91 Å². The van der Waals surface area contributed by atoms with Gasteiger partial charge in [-0.3, -0.25) is 14.9 Å². The molecule has 1 N–H and O–H groups in total. The zero-order valence-corrected chi connectivity index (χ0v) is 10.3. The first kappa shape index (κ1) is 13.5.